The lowest BCUT2D eigenvalue weighted by atomic mass is 10.2. The van der Waals surface area contributed by atoms with E-state index in [2.05, 4.69) is 31.2 Å². The maximum atomic E-state index is 12.1. The van der Waals surface area contributed by atoms with E-state index in [4.69, 9.17) is 0 Å². The highest BCUT2D eigenvalue weighted by Crippen LogP contribution is 2.22. The summed E-state index contributed by atoms with van der Waals surface area (Å²) in [7, 11) is 0. The second-order valence-corrected chi connectivity index (χ2v) is 6.35. The molecule has 0 atom stereocenters. The van der Waals surface area contributed by atoms with E-state index in [1.807, 2.05) is 29.6 Å². The first-order valence-corrected chi connectivity index (χ1v) is 8.28. The van der Waals surface area contributed by atoms with Gasteiger partial charge in [0.15, 0.2) is 0 Å². The molecule has 1 amide bonds. The molecule has 0 unspecified atom stereocenters. The third kappa shape index (κ3) is 3.58. The molecule has 3 aromatic rings. The quantitative estimate of drug-likeness (QED) is 0.754. The minimum atomic E-state index is -0.111. The summed E-state index contributed by atoms with van der Waals surface area (Å²) in [5.74, 6) is -0.111. The van der Waals surface area contributed by atoms with E-state index < -0.39 is 0 Å². The van der Waals surface area contributed by atoms with Crippen LogP contribution in [0.25, 0.3) is 10.6 Å². The predicted molar refractivity (Wildman–Crippen MR) is 90.7 cm³/mol. The van der Waals surface area contributed by atoms with Crippen molar-refractivity contribution in [1.29, 1.82) is 0 Å². The molecule has 4 nitrogen and oxygen atoms in total. The molecule has 0 aliphatic carbocycles. The Hall–Kier alpha value is -2.05. The molecular weight excluding hydrogens is 362 g/mol. The molecular formula is C16H12BrN3OS. The van der Waals surface area contributed by atoms with Crippen molar-refractivity contribution in [2.75, 3.05) is 0 Å². The Kier molecular flexibility index (Phi) is 4.60. The van der Waals surface area contributed by atoms with Crippen molar-refractivity contribution in [2.24, 2.45) is 0 Å². The molecule has 1 aromatic carbocycles. The number of amides is 1. The number of nitrogens with one attached hydrogen (secondary N) is 1. The molecule has 0 bridgehead atoms. The lowest BCUT2D eigenvalue weighted by Gasteiger charge is -2.03. The van der Waals surface area contributed by atoms with E-state index in [9.17, 15) is 4.79 Å². The van der Waals surface area contributed by atoms with Crippen LogP contribution in [0, 0.1) is 0 Å². The molecule has 0 spiro atoms. The highest BCUT2D eigenvalue weighted by atomic mass is 79.9. The summed E-state index contributed by atoms with van der Waals surface area (Å²) >= 11 is 4.91. The van der Waals surface area contributed by atoms with E-state index in [0.717, 1.165) is 20.7 Å². The van der Waals surface area contributed by atoms with E-state index in [1.54, 1.807) is 35.9 Å². The number of hydrogen-bond donors (Lipinski definition) is 1. The molecule has 1 N–H and O–H groups in total. The molecule has 0 radical (unpaired) electrons. The molecule has 2 heterocycles. The van der Waals surface area contributed by atoms with Crippen LogP contribution in [0.15, 0.2) is 58.6 Å². The number of rotatable bonds is 4. The number of aromatic nitrogens is 2. The van der Waals surface area contributed by atoms with Crippen LogP contribution in [-0.2, 0) is 6.54 Å². The van der Waals surface area contributed by atoms with Gasteiger partial charge in [-0.05, 0) is 30.3 Å². The monoisotopic (exact) mass is 373 g/mol. The van der Waals surface area contributed by atoms with Crippen molar-refractivity contribution in [3.05, 3.63) is 69.9 Å². The number of pyridine rings is 1. The Bertz CT molecular complexity index is 789. The molecule has 22 heavy (non-hydrogen) atoms. The third-order valence-corrected chi connectivity index (χ3v) is 4.43. The number of carbonyl (C=O) groups excluding carboxylic acids is 1. The Morgan fingerprint density at radius 1 is 1.23 bits per heavy atom. The van der Waals surface area contributed by atoms with Crippen LogP contribution in [0.5, 0.6) is 0 Å². The zero-order valence-electron chi connectivity index (χ0n) is 11.5. The van der Waals surface area contributed by atoms with Gasteiger partial charge >= 0.3 is 0 Å². The summed E-state index contributed by atoms with van der Waals surface area (Å²) in [6.07, 6.45) is 3.48. The van der Waals surface area contributed by atoms with Gasteiger partial charge in [0.1, 0.15) is 5.01 Å². The molecule has 0 saturated carbocycles. The standard InChI is InChI=1S/C16H12BrN3OS/c17-13-3-1-2-12(8-13)15(21)19-9-14-10-22-16(20-14)11-4-6-18-7-5-11/h1-8,10H,9H2,(H,19,21). The van der Waals surface area contributed by atoms with Crippen LogP contribution in [0.3, 0.4) is 0 Å². The first kappa shape index (κ1) is 14.9. The summed E-state index contributed by atoms with van der Waals surface area (Å²) < 4.78 is 0.883. The first-order chi connectivity index (χ1) is 10.7. The van der Waals surface area contributed by atoms with Crippen LogP contribution in [0.4, 0.5) is 0 Å². The lowest BCUT2D eigenvalue weighted by molar-refractivity contribution is 0.0950. The molecule has 0 fully saturated rings. The van der Waals surface area contributed by atoms with Gasteiger partial charge < -0.3 is 5.32 Å². The molecule has 0 saturated heterocycles. The van der Waals surface area contributed by atoms with Gasteiger partial charge in [-0.25, -0.2) is 4.98 Å². The SMILES string of the molecule is O=C(NCc1csc(-c2ccncc2)n1)c1cccc(Br)c1. The smallest absolute Gasteiger partial charge is 0.251 e. The van der Waals surface area contributed by atoms with Crippen LogP contribution in [0.2, 0.25) is 0 Å². The molecule has 2 aromatic heterocycles. The second-order valence-electron chi connectivity index (χ2n) is 4.57. The Balaban J connectivity index is 1.65. The number of carbonyl (C=O) groups is 1. The van der Waals surface area contributed by atoms with Gasteiger partial charge in [-0.1, -0.05) is 22.0 Å². The van der Waals surface area contributed by atoms with Crippen molar-refractivity contribution in [3.8, 4) is 10.6 Å². The Morgan fingerprint density at radius 2 is 2.05 bits per heavy atom. The highest BCUT2D eigenvalue weighted by Gasteiger charge is 2.08. The molecule has 6 heteroatoms. The van der Waals surface area contributed by atoms with E-state index in [-0.39, 0.29) is 5.91 Å². The van der Waals surface area contributed by atoms with Crippen LogP contribution >= 0.6 is 27.3 Å². The van der Waals surface area contributed by atoms with E-state index >= 15 is 0 Å². The van der Waals surface area contributed by atoms with E-state index in [1.165, 1.54) is 0 Å². The molecule has 110 valence electrons. The van der Waals surface area contributed by atoms with Gasteiger partial charge in [-0.3, -0.25) is 9.78 Å². The average Bonchev–Trinajstić information content (AvgIpc) is 3.02. The first-order valence-electron chi connectivity index (χ1n) is 6.61. The van der Waals surface area contributed by atoms with E-state index in [0.29, 0.717) is 12.1 Å². The summed E-state index contributed by atoms with van der Waals surface area (Å²) in [5.41, 5.74) is 2.50. The van der Waals surface area contributed by atoms with Crippen molar-refractivity contribution in [3.63, 3.8) is 0 Å². The largest absolute Gasteiger partial charge is 0.346 e. The minimum absolute atomic E-state index is 0.111. The molecule has 0 aliphatic rings. The Morgan fingerprint density at radius 3 is 2.82 bits per heavy atom. The van der Waals surface area contributed by atoms with Crippen molar-refractivity contribution in [2.45, 2.75) is 6.54 Å². The normalized spacial score (nSPS) is 10.4. The number of benzene rings is 1. The van der Waals surface area contributed by atoms with Crippen LogP contribution in [0.1, 0.15) is 16.1 Å². The van der Waals surface area contributed by atoms with Crippen LogP contribution < -0.4 is 5.32 Å². The summed E-state index contributed by atoms with van der Waals surface area (Å²) in [6.45, 7) is 0.410. The fourth-order valence-electron chi connectivity index (χ4n) is 1.92. The number of halogens is 1. The van der Waals surface area contributed by atoms with Crippen molar-refractivity contribution in [1.82, 2.24) is 15.3 Å². The van der Waals surface area contributed by atoms with Crippen LogP contribution in [-0.4, -0.2) is 15.9 Å². The van der Waals surface area contributed by atoms with Gasteiger partial charge in [0, 0.05) is 33.4 Å². The van der Waals surface area contributed by atoms with Gasteiger partial charge in [0.25, 0.3) is 5.91 Å². The van der Waals surface area contributed by atoms with Gasteiger partial charge in [0.05, 0.1) is 12.2 Å². The molecule has 3 rings (SSSR count). The Labute approximate surface area is 140 Å². The number of nitrogens with zero attached hydrogens (tertiary/aromatic N) is 2. The highest BCUT2D eigenvalue weighted by molar-refractivity contribution is 9.10. The average molecular weight is 374 g/mol. The topological polar surface area (TPSA) is 54.9 Å². The van der Waals surface area contributed by atoms with Gasteiger partial charge in [-0.2, -0.15) is 0 Å². The zero-order valence-corrected chi connectivity index (χ0v) is 13.9. The van der Waals surface area contributed by atoms with Crippen molar-refractivity contribution >= 4 is 33.2 Å². The third-order valence-electron chi connectivity index (χ3n) is 3.00. The summed E-state index contributed by atoms with van der Waals surface area (Å²) in [6, 6.07) is 11.1. The van der Waals surface area contributed by atoms with Crippen molar-refractivity contribution < 1.29 is 4.79 Å². The maximum absolute atomic E-state index is 12.1. The summed E-state index contributed by atoms with van der Waals surface area (Å²) in [5, 5.41) is 5.76. The second kappa shape index (κ2) is 6.81. The maximum Gasteiger partial charge on any atom is 0.251 e. The fraction of sp³-hybridized carbons (Fsp3) is 0.0625. The molecule has 0 aliphatic heterocycles. The lowest BCUT2D eigenvalue weighted by Crippen LogP contribution is -2.22. The predicted octanol–water partition coefficient (Wildman–Crippen LogP) is 3.90. The fourth-order valence-corrected chi connectivity index (χ4v) is 3.14. The zero-order chi connectivity index (χ0) is 15.4. The van der Waals surface area contributed by atoms with Gasteiger partial charge in [-0.15, -0.1) is 11.3 Å². The summed E-state index contributed by atoms with van der Waals surface area (Å²) in [4.78, 5) is 20.6. The number of hydrogen-bond acceptors (Lipinski definition) is 4. The minimum Gasteiger partial charge on any atom is -0.346 e. The number of thiazole rings is 1. The van der Waals surface area contributed by atoms with Gasteiger partial charge in [0.2, 0.25) is 0 Å².